The number of amides is 1. The third-order valence-electron chi connectivity index (χ3n) is 5.27. The molecule has 0 radical (unpaired) electrons. The van der Waals surface area contributed by atoms with Crippen LogP contribution in [0.4, 0.5) is 0 Å². The highest BCUT2D eigenvalue weighted by Gasteiger charge is 2.32. The smallest absolute Gasteiger partial charge is 0.266 e. The number of carbonyl (C=O) groups is 1. The van der Waals surface area contributed by atoms with E-state index in [2.05, 4.69) is 0 Å². The quantitative estimate of drug-likeness (QED) is 0.175. The van der Waals surface area contributed by atoms with E-state index >= 15 is 0 Å². The molecule has 0 atom stereocenters. The van der Waals surface area contributed by atoms with E-state index in [1.807, 2.05) is 85.8 Å². The number of thiocarbonyl (C=S) groups is 1. The fourth-order valence-electron chi connectivity index (χ4n) is 3.56. The van der Waals surface area contributed by atoms with Crippen molar-refractivity contribution in [1.82, 2.24) is 4.90 Å². The summed E-state index contributed by atoms with van der Waals surface area (Å²) in [5.74, 6) is 2.57. The second kappa shape index (κ2) is 12.5. The van der Waals surface area contributed by atoms with Crippen molar-refractivity contribution in [2.24, 2.45) is 0 Å². The molecule has 0 saturated carbocycles. The standard InChI is InChI=1S/C28H27NO5S2/c1-3-32-25-16-21(12-13-24(25)34-15-14-33-23-11-7-10-22(18-23)31-2)17-26-27(30)29(28(35)36-26)19-20-8-5-4-6-9-20/h4-13,16-18H,3,14-15,19H2,1-2H3. The van der Waals surface area contributed by atoms with Crippen LogP contribution in [0, 0.1) is 0 Å². The molecule has 3 aromatic rings. The van der Waals surface area contributed by atoms with Crippen molar-refractivity contribution in [3.8, 4) is 23.0 Å². The Hall–Kier alpha value is -3.49. The summed E-state index contributed by atoms with van der Waals surface area (Å²) >= 11 is 6.78. The molecule has 186 valence electrons. The first-order chi connectivity index (χ1) is 17.6. The number of thioether (sulfide) groups is 1. The maximum absolute atomic E-state index is 13.0. The van der Waals surface area contributed by atoms with Crippen molar-refractivity contribution in [2.45, 2.75) is 13.5 Å². The summed E-state index contributed by atoms with van der Waals surface area (Å²) in [6.07, 6.45) is 1.84. The van der Waals surface area contributed by atoms with E-state index in [-0.39, 0.29) is 5.91 Å². The van der Waals surface area contributed by atoms with Crippen molar-refractivity contribution < 1.29 is 23.7 Å². The fourth-order valence-corrected chi connectivity index (χ4v) is 4.81. The normalized spacial score (nSPS) is 14.3. The summed E-state index contributed by atoms with van der Waals surface area (Å²) in [6, 6.07) is 22.8. The van der Waals surface area contributed by atoms with Gasteiger partial charge < -0.3 is 18.9 Å². The molecular weight excluding hydrogens is 494 g/mol. The Kier molecular flexibility index (Phi) is 8.86. The molecule has 1 fully saturated rings. The average Bonchev–Trinajstić information content (AvgIpc) is 3.15. The monoisotopic (exact) mass is 521 g/mol. The van der Waals surface area contributed by atoms with Gasteiger partial charge in [0.1, 0.15) is 29.0 Å². The number of methoxy groups -OCH3 is 1. The van der Waals surface area contributed by atoms with E-state index in [1.54, 1.807) is 12.0 Å². The van der Waals surface area contributed by atoms with Crippen molar-refractivity contribution in [2.75, 3.05) is 26.9 Å². The second-order valence-electron chi connectivity index (χ2n) is 7.77. The van der Waals surface area contributed by atoms with E-state index in [4.69, 9.17) is 31.2 Å². The van der Waals surface area contributed by atoms with Gasteiger partial charge in [-0.25, -0.2) is 0 Å². The first-order valence-corrected chi connectivity index (χ1v) is 12.8. The second-order valence-corrected chi connectivity index (χ2v) is 9.44. The van der Waals surface area contributed by atoms with Gasteiger partial charge in [-0.05, 0) is 48.4 Å². The van der Waals surface area contributed by atoms with Gasteiger partial charge in [0, 0.05) is 6.07 Å². The summed E-state index contributed by atoms with van der Waals surface area (Å²) in [7, 11) is 1.62. The maximum atomic E-state index is 13.0. The molecule has 0 N–H and O–H groups in total. The lowest BCUT2D eigenvalue weighted by Crippen LogP contribution is -2.27. The van der Waals surface area contributed by atoms with E-state index in [0.717, 1.165) is 16.9 Å². The number of benzene rings is 3. The van der Waals surface area contributed by atoms with Crippen molar-refractivity contribution in [3.05, 3.63) is 88.8 Å². The molecule has 1 amide bonds. The van der Waals surface area contributed by atoms with Crippen molar-refractivity contribution in [1.29, 1.82) is 0 Å². The maximum Gasteiger partial charge on any atom is 0.266 e. The summed E-state index contributed by atoms with van der Waals surface area (Å²) in [6.45, 7) is 3.56. The molecule has 6 nitrogen and oxygen atoms in total. The highest BCUT2D eigenvalue weighted by Crippen LogP contribution is 2.35. The number of hydrogen-bond acceptors (Lipinski definition) is 7. The minimum atomic E-state index is -0.0955. The molecule has 1 aliphatic rings. The number of carbonyl (C=O) groups excluding carboxylic acids is 1. The third-order valence-corrected chi connectivity index (χ3v) is 6.65. The van der Waals surface area contributed by atoms with Crippen LogP contribution in [0.15, 0.2) is 77.7 Å². The zero-order valence-corrected chi connectivity index (χ0v) is 21.8. The van der Waals surface area contributed by atoms with Crippen LogP contribution in [0.25, 0.3) is 6.08 Å². The third kappa shape index (κ3) is 6.59. The van der Waals surface area contributed by atoms with Gasteiger partial charge in [-0.1, -0.05) is 66.4 Å². The van der Waals surface area contributed by atoms with E-state index < -0.39 is 0 Å². The minimum Gasteiger partial charge on any atom is -0.497 e. The molecule has 0 bridgehead atoms. The van der Waals surface area contributed by atoms with Crippen molar-refractivity contribution in [3.63, 3.8) is 0 Å². The van der Waals surface area contributed by atoms with E-state index in [1.165, 1.54) is 11.8 Å². The van der Waals surface area contributed by atoms with Crippen LogP contribution in [0.1, 0.15) is 18.1 Å². The number of ether oxygens (including phenoxy) is 4. The predicted octanol–water partition coefficient (Wildman–Crippen LogP) is 5.95. The molecule has 4 rings (SSSR count). The lowest BCUT2D eigenvalue weighted by molar-refractivity contribution is -0.122. The van der Waals surface area contributed by atoms with Crippen LogP contribution >= 0.6 is 24.0 Å². The van der Waals surface area contributed by atoms with E-state index in [0.29, 0.717) is 52.8 Å². The van der Waals surface area contributed by atoms with Crippen LogP contribution in [-0.2, 0) is 11.3 Å². The molecular formula is C28H27NO5S2. The molecule has 0 spiro atoms. The van der Waals surface area contributed by atoms with Crippen LogP contribution in [-0.4, -0.2) is 42.1 Å². The summed E-state index contributed by atoms with van der Waals surface area (Å²) in [5.41, 5.74) is 1.87. The Balaban J connectivity index is 1.40. The van der Waals surface area contributed by atoms with Crippen LogP contribution in [0.2, 0.25) is 0 Å². The van der Waals surface area contributed by atoms with Gasteiger partial charge in [-0.15, -0.1) is 0 Å². The largest absolute Gasteiger partial charge is 0.497 e. The lowest BCUT2D eigenvalue weighted by Gasteiger charge is -2.14. The summed E-state index contributed by atoms with van der Waals surface area (Å²) in [5, 5.41) is 0. The predicted molar refractivity (Wildman–Crippen MR) is 147 cm³/mol. The Morgan fingerprint density at radius 1 is 0.889 bits per heavy atom. The molecule has 1 saturated heterocycles. The van der Waals surface area contributed by atoms with Gasteiger partial charge >= 0.3 is 0 Å². The van der Waals surface area contributed by atoms with Gasteiger partial charge in [0.15, 0.2) is 11.5 Å². The highest BCUT2D eigenvalue weighted by molar-refractivity contribution is 8.26. The highest BCUT2D eigenvalue weighted by atomic mass is 32.2. The lowest BCUT2D eigenvalue weighted by atomic mass is 10.1. The first-order valence-electron chi connectivity index (χ1n) is 11.5. The molecule has 1 heterocycles. The molecule has 0 aromatic heterocycles. The van der Waals surface area contributed by atoms with Crippen LogP contribution in [0.5, 0.6) is 23.0 Å². The minimum absolute atomic E-state index is 0.0955. The number of rotatable bonds is 11. The van der Waals surface area contributed by atoms with Gasteiger partial charge in [0.2, 0.25) is 0 Å². The van der Waals surface area contributed by atoms with Gasteiger partial charge in [0.05, 0.1) is 25.2 Å². The van der Waals surface area contributed by atoms with Gasteiger partial charge in [-0.2, -0.15) is 0 Å². The van der Waals surface area contributed by atoms with Gasteiger partial charge in [-0.3, -0.25) is 9.69 Å². The SMILES string of the molecule is CCOc1cc(C=C2SC(=S)N(Cc3ccccc3)C2=O)ccc1OCCOc1cccc(OC)c1. The summed E-state index contributed by atoms with van der Waals surface area (Å²) in [4.78, 5) is 15.2. The Bertz CT molecular complexity index is 1250. The molecule has 3 aromatic carbocycles. The Morgan fingerprint density at radius 3 is 2.44 bits per heavy atom. The molecule has 1 aliphatic heterocycles. The van der Waals surface area contributed by atoms with Crippen molar-refractivity contribution >= 4 is 40.3 Å². The van der Waals surface area contributed by atoms with Crippen LogP contribution in [0.3, 0.4) is 0 Å². The van der Waals surface area contributed by atoms with E-state index in [9.17, 15) is 4.79 Å². The summed E-state index contributed by atoms with van der Waals surface area (Å²) < 4.78 is 23.2. The van der Waals surface area contributed by atoms with Crippen LogP contribution < -0.4 is 18.9 Å². The number of hydrogen-bond donors (Lipinski definition) is 0. The fraction of sp³-hybridized carbons (Fsp3) is 0.214. The number of nitrogens with zero attached hydrogens (tertiary/aromatic N) is 1. The first kappa shape index (κ1) is 25.6. The van der Waals surface area contributed by atoms with Gasteiger partial charge in [0.25, 0.3) is 5.91 Å². The molecule has 8 heteroatoms. The molecule has 0 aliphatic carbocycles. The zero-order valence-electron chi connectivity index (χ0n) is 20.1. The topological polar surface area (TPSA) is 57.2 Å². The average molecular weight is 522 g/mol. The zero-order chi connectivity index (χ0) is 25.3. The Labute approximate surface area is 220 Å². The molecule has 36 heavy (non-hydrogen) atoms. The Morgan fingerprint density at radius 2 is 1.67 bits per heavy atom. The molecule has 0 unspecified atom stereocenters.